The van der Waals surface area contributed by atoms with Gasteiger partial charge in [-0.25, -0.2) is 8.42 Å². The number of hydrogen-bond donors (Lipinski definition) is 1. The molecule has 0 radical (unpaired) electrons. The highest BCUT2D eigenvalue weighted by Gasteiger charge is 1.99. The summed E-state index contributed by atoms with van der Waals surface area (Å²) < 4.78 is 36.1. The maximum Gasteiger partial charge on any atom is 0.305 e. The smallest absolute Gasteiger partial charge is 0.305 e. The minimum absolute atomic E-state index is 0.121. The van der Waals surface area contributed by atoms with E-state index in [2.05, 4.69) is 6.92 Å². The molecule has 0 aliphatic carbocycles. The Morgan fingerprint density at radius 2 is 1.82 bits per heavy atom. The summed E-state index contributed by atoms with van der Waals surface area (Å²) in [6, 6.07) is 5.78. The van der Waals surface area contributed by atoms with Crippen molar-refractivity contribution in [1.82, 2.24) is 0 Å². The van der Waals surface area contributed by atoms with Gasteiger partial charge in [0.2, 0.25) is 0 Å². The largest absolute Gasteiger partial charge is 0.744 e. The third-order valence-corrected chi connectivity index (χ3v) is 3.51. The van der Waals surface area contributed by atoms with Crippen molar-refractivity contribution in [1.29, 1.82) is 0 Å². The predicted octanol–water partition coefficient (Wildman–Crippen LogP) is 1.97. The molecule has 0 saturated heterocycles. The lowest BCUT2D eigenvalue weighted by atomic mass is 10.2. The van der Waals surface area contributed by atoms with Gasteiger partial charge in [0.25, 0.3) is 0 Å². The highest BCUT2D eigenvalue weighted by Crippen LogP contribution is 2.08. The summed E-state index contributed by atoms with van der Waals surface area (Å²) >= 11 is 0. The first kappa shape index (κ1) is 20.6. The fraction of sp³-hybridized carbons (Fsp3) is 0.533. The van der Waals surface area contributed by atoms with Crippen molar-refractivity contribution in [3.8, 4) is 0 Å². The van der Waals surface area contributed by atoms with Gasteiger partial charge in [-0.05, 0) is 38.4 Å². The van der Waals surface area contributed by atoms with Crippen LogP contribution in [0.1, 0.15) is 38.2 Å². The molecule has 7 heteroatoms. The molecule has 0 heterocycles. The molecule has 126 valence electrons. The van der Waals surface area contributed by atoms with Gasteiger partial charge in [0.15, 0.2) is 0 Å². The molecule has 1 rings (SSSR count). The van der Waals surface area contributed by atoms with Gasteiger partial charge in [-0.15, -0.1) is 0 Å². The Kier molecular flexibility index (Phi) is 10.4. The Morgan fingerprint density at radius 1 is 1.23 bits per heavy atom. The minimum atomic E-state index is -4.27. The van der Waals surface area contributed by atoms with Crippen LogP contribution in [0, 0.1) is 6.92 Å². The quantitative estimate of drug-likeness (QED) is 0.465. The lowest BCUT2D eigenvalue weighted by Crippen LogP contribution is -2.08. The van der Waals surface area contributed by atoms with E-state index < -0.39 is 10.1 Å². The molecule has 2 N–H and O–H groups in total. The first-order valence-electron chi connectivity index (χ1n) is 7.19. The summed E-state index contributed by atoms with van der Waals surface area (Å²) in [6.45, 7) is 5.00. The second-order valence-electron chi connectivity index (χ2n) is 4.73. The summed E-state index contributed by atoms with van der Waals surface area (Å²) in [5, 5.41) is 0. The van der Waals surface area contributed by atoms with Gasteiger partial charge >= 0.3 is 5.97 Å². The van der Waals surface area contributed by atoms with Crippen molar-refractivity contribution in [2.75, 3.05) is 13.2 Å². The minimum Gasteiger partial charge on any atom is -0.744 e. The number of benzene rings is 1. The zero-order valence-corrected chi connectivity index (χ0v) is 13.9. The van der Waals surface area contributed by atoms with E-state index in [9.17, 15) is 17.8 Å². The molecule has 0 unspecified atom stereocenters. The molecule has 0 atom stereocenters. The average Bonchev–Trinajstić information content (AvgIpc) is 2.45. The van der Waals surface area contributed by atoms with Gasteiger partial charge in [0.05, 0.1) is 11.5 Å². The van der Waals surface area contributed by atoms with Crippen molar-refractivity contribution in [2.24, 2.45) is 5.73 Å². The van der Waals surface area contributed by atoms with E-state index in [0.717, 1.165) is 24.8 Å². The molecular weight excluding hydrogens is 306 g/mol. The number of ether oxygens (including phenoxy) is 1. The van der Waals surface area contributed by atoms with E-state index in [1.807, 2.05) is 6.92 Å². The molecule has 0 saturated carbocycles. The van der Waals surface area contributed by atoms with Crippen LogP contribution in [0.2, 0.25) is 0 Å². The number of rotatable bonds is 7. The molecule has 22 heavy (non-hydrogen) atoms. The average molecular weight is 330 g/mol. The zero-order valence-electron chi connectivity index (χ0n) is 13.1. The Hall–Kier alpha value is -1.44. The molecule has 0 aromatic heterocycles. The topological polar surface area (TPSA) is 110 Å². The Bertz CT molecular complexity index is 525. The third kappa shape index (κ3) is 10.3. The number of carbonyl (C=O) groups excluding carboxylic acids is 1. The van der Waals surface area contributed by atoms with E-state index in [-0.39, 0.29) is 10.9 Å². The van der Waals surface area contributed by atoms with Gasteiger partial charge in [-0.1, -0.05) is 31.0 Å². The highest BCUT2D eigenvalue weighted by molar-refractivity contribution is 7.85. The summed E-state index contributed by atoms with van der Waals surface area (Å²) in [5.74, 6) is -0.121. The van der Waals surface area contributed by atoms with Gasteiger partial charge in [0.1, 0.15) is 10.1 Å². The number of nitrogens with two attached hydrogens (primary N) is 1. The maximum atomic E-state index is 10.8. The van der Waals surface area contributed by atoms with Crippen LogP contribution < -0.4 is 5.73 Å². The summed E-state index contributed by atoms with van der Waals surface area (Å²) in [4.78, 5) is 10.6. The lowest BCUT2D eigenvalue weighted by Gasteiger charge is -2.05. The molecule has 1 aromatic carbocycles. The maximum absolute atomic E-state index is 10.8. The number of esters is 1. The molecule has 0 bridgehead atoms. The molecular formula is C15H24NO5S-. The number of carbonyl (C=O) groups is 1. The van der Waals surface area contributed by atoms with Gasteiger partial charge < -0.3 is 15.0 Å². The standard InChI is InChI=1S/C8H17NO2.C7H8O3S/c1-2-3-7-11-8(10)5-4-6-9;1-6-2-4-7(5-3-6)11(8,9)10/h2-7,9H2,1H3;2-5H,1H3,(H,8,9,10)/p-1. The fourth-order valence-electron chi connectivity index (χ4n) is 1.35. The Balaban J connectivity index is 0.000000401. The van der Waals surface area contributed by atoms with Crippen LogP contribution >= 0.6 is 0 Å². The zero-order chi connectivity index (χ0) is 17.0. The summed E-state index contributed by atoms with van der Waals surface area (Å²) in [7, 11) is -4.27. The number of hydrogen-bond acceptors (Lipinski definition) is 6. The number of unbranched alkanes of at least 4 members (excludes halogenated alkanes) is 1. The van der Waals surface area contributed by atoms with Crippen molar-refractivity contribution < 1.29 is 22.5 Å². The van der Waals surface area contributed by atoms with Crippen LogP contribution in [0.3, 0.4) is 0 Å². The first-order valence-corrected chi connectivity index (χ1v) is 8.60. The SMILES string of the molecule is CCCCOC(=O)CCCN.Cc1ccc(S(=O)(=O)[O-])cc1. The first-order chi connectivity index (χ1) is 10.3. The van der Waals surface area contributed by atoms with Gasteiger partial charge in [-0.3, -0.25) is 4.79 Å². The van der Waals surface area contributed by atoms with Crippen LogP contribution in [-0.4, -0.2) is 32.1 Å². The predicted molar refractivity (Wildman–Crippen MR) is 83.3 cm³/mol. The lowest BCUT2D eigenvalue weighted by molar-refractivity contribution is -0.143. The van der Waals surface area contributed by atoms with Crippen molar-refractivity contribution in [3.63, 3.8) is 0 Å². The number of aryl methyl sites for hydroxylation is 1. The van der Waals surface area contributed by atoms with Gasteiger partial charge in [-0.2, -0.15) is 0 Å². The van der Waals surface area contributed by atoms with Crippen LogP contribution in [0.25, 0.3) is 0 Å². The van der Waals surface area contributed by atoms with Crippen molar-refractivity contribution in [2.45, 2.75) is 44.4 Å². The molecule has 0 aliphatic rings. The van der Waals surface area contributed by atoms with E-state index in [4.69, 9.17) is 10.5 Å². The van der Waals surface area contributed by atoms with Crippen LogP contribution in [0.4, 0.5) is 0 Å². The normalized spacial score (nSPS) is 10.5. The Labute approximate surface area is 132 Å². The van der Waals surface area contributed by atoms with E-state index in [1.165, 1.54) is 12.1 Å². The fourth-order valence-corrected chi connectivity index (χ4v) is 1.82. The van der Waals surface area contributed by atoms with Crippen molar-refractivity contribution in [3.05, 3.63) is 29.8 Å². The molecule has 0 spiro atoms. The van der Waals surface area contributed by atoms with Crippen LogP contribution in [-0.2, 0) is 19.6 Å². The molecule has 0 aliphatic heterocycles. The van der Waals surface area contributed by atoms with Crippen LogP contribution in [0.5, 0.6) is 0 Å². The third-order valence-electron chi connectivity index (χ3n) is 2.66. The summed E-state index contributed by atoms with van der Waals surface area (Å²) in [6.07, 6.45) is 3.20. The van der Waals surface area contributed by atoms with E-state index >= 15 is 0 Å². The van der Waals surface area contributed by atoms with Crippen molar-refractivity contribution >= 4 is 16.1 Å². The monoisotopic (exact) mass is 330 g/mol. The van der Waals surface area contributed by atoms with Crippen LogP contribution in [0.15, 0.2) is 29.2 Å². The van der Waals surface area contributed by atoms with Gasteiger partial charge in [0, 0.05) is 6.42 Å². The molecule has 0 amide bonds. The van der Waals surface area contributed by atoms with E-state index in [1.54, 1.807) is 12.1 Å². The molecule has 0 fully saturated rings. The van der Waals surface area contributed by atoms with E-state index in [0.29, 0.717) is 19.6 Å². The summed E-state index contributed by atoms with van der Waals surface area (Å²) in [5.41, 5.74) is 6.15. The second-order valence-corrected chi connectivity index (χ2v) is 6.11. The molecule has 6 nitrogen and oxygen atoms in total. The highest BCUT2D eigenvalue weighted by atomic mass is 32.2. The second kappa shape index (κ2) is 11.2. The molecule has 1 aromatic rings. The Morgan fingerprint density at radius 3 is 2.27 bits per heavy atom.